The van der Waals surface area contributed by atoms with Crippen molar-refractivity contribution in [1.82, 2.24) is 5.32 Å². The molecule has 1 aliphatic rings. The normalized spacial score (nSPS) is 21.6. The van der Waals surface area contributed by atoms with Crippen molar-refractivity contribution in [2.45, 2.75) is 31.8 Å². The molecule has 3 heteroatoms. The van der Waals surface area contributed by atoms with Crippen molar-refractivity contribution < 1.29 is 9.84 Å². The summed E-state index contributed by atoms with van der Waals surface area (Å²) in [5.74, 6) is 0.744. The minimum absolute atomic E-state index is 0.690. The molecular weight excluding hydrogens is 166 g/mol. The maximum absolute atomic E-state index is 10.0. The van der Waals surface area contributed by atoms with Gasteiger partial charge in [-0.2, -0.15) is 0 Å². The average molecular weight is 185 g/mol. The van der Waals surface area contributed by atoms with Crippen molar-refractivity contribution >= 4 is 0 Å². The van der Waals surface area contributed by atoms with Gasteiger partial charge in [0.2, 0.25) is 0 Å². The first-order valence-electron chi connectivity index (χ1n) is 4.87. The van der Waals surface area contributed by atoms with E-state index in [0.717, 1.165) is 31.8 Å². The Balaban J connectivity index is 2.51. The molecule has 0 bridgehead atoms. The van der Waals surface area contributed by atoms with Crippen molar-refractivity contribution in [1.29, 1.82) is 0 Å². The van der Waals surface area contributed by atoms with E-state index in [2.05, 4.69) is 5.32 Å². The second-order valence-electron chi connectivity index (χ2n) is 3.69. The van der Waals surface area contributed by atoms with Gasteiger partial charge in [-0.1, -0.05) is 0 Å². The van der Waals surface area contributed by atoms with Crippen LogP contribution in [0.15, 0.2) is 11.8 Å². The lowest BCUT2D eigenvalue weighted by Gasteiger charge is -2.28. The predicted octanol–water partition coefficient (Wildman–Crippen LogP) is 1.04. The fraction of sp³-hybridized carbons (Fsp3) is 0.800. The van der Waals surface area contributed by atoms with Crippen molar-refractivity contribution in [3.05, 3.63) is 11.8 Å². The molecule has 1 aliphatic heterocycles. The summed E-state index contributed by atoms with van der Waals surface area (Å²) in [5.41, 5.74) is -0.802. The first kappa shape index (κ1) is 10.5. The minimum Gasteiger partial charge on any atom is -0.495 e. The summed E-state index contributed by atoms with van der Waals surface area (Å²) in [5, 5.41) is 13.1. The smallest absolute Gasteiger partial charge is 0.123 e. The molecule has 1 heterocycles. The van der Waals surface area contributed by atoms with E-state index >= 15 is 0 Å². The molecule has 0 fully saturated rings. The molecule has 0 amide bonds. The molecule has 1 rings (SSSR count). The van der Waals surface area contributed by atoms with Gasteiger partial charge in [0.15, 0.2) is 0 Å². The molecule has 0 aromatic heterocycles. The van der Waals surface area contributed by atoms with Crippen molar-refractivity contribution in [3.8, 4) is 0 Å². The summed E-state index contributed by atoms with van der Waals surface area (Å²) in [6, 6.07) is 0. The molecule has 0 saturated carbocycles. The number of rotatable bonds is 4. The fourth-order valence-electron chi connectivity index (χ4n) is 1.42. The standard InChI is InChI=1S/C10H19NO2/c1-10(12,6-7-11-2)9-5-3-4-8-13-9/h5,11-12H,3-4,6-8H2,1-2H3. The third-order valence-corrected chi connectivity index (χ3v) is 2.33. The van der Waals surface area contributed by atoms with E-state index in [4.69, 9.17) is 4.74 Å². The summed E-state index contributed by atoms with van der Waals surface area (Å²) in [4.78, 5) is 0. The largest absolute Gasteiger partial charge is 0.495 e. The molecule has 1 unspecified atom stereocenters. The lowest BCUT2D eigenvalue weighted by molar-refractivity contribution is 0.0126. The second kappa shape index (κ2) is 4.63. The van der Waals surface area contributed by atoms with Crippen LogP contribution in [0.5, 0.6) is 0 Å². The van der Waals surface area contributed by atoms with Crippen molar-refractivity contribution in [2.24, 2.45) is 0 Å². The maximum atomic E-state index is 10.0. The Labute approximate surface area is 79.8 Å². The highest BCUT2D eigenvalue weighted by molar-refractivity contribution is 5.09. The van der Waals surface area contributed by atoms with Crippen LogP contribution in [0, 0.1) is 0 Å². The summed E-state index contributed by atoms with van der Waals surface area (Å²) in [6.45, 7) is 3.34. The molecule has 3 nitrogen and oxygen atoms in total. The molecule has 76 valence electrons. The van der Waals surface area contributed by atoms with Crippen molar-refractivity contribution in [3.63, 3.8) is 0 Å². The van der Waals surface area contributed by atoms with E-state index in [9.17, 15) is 5.11 Å². The molecule has 0 aromatic rings. The van der Waals surface area contributed by atoms with Crippen LogP contribution in [0.25, 0.3) is 0 Å². The molecule has 0 radical (unpaired) electrons. The molecule has 0 aromatic carbocycles. The third-order valence-electron chi connectivity index (χ3n) is 2.33. The highest BCUT2D eigenvalue weighted by Crippen LogP contribution is 2.24. The molecule has 0 spiro atoms. The SMILES string of the molecule is CNCCC(C)(O)C1=CCCCO1. The third kappa shape index (κ3) is 3.01. The Morgan fingerprint density at radius 2 is 2.46 bits per heavy atom. The van der Waals surface area contributed by atoms with Gasteiger partial charge in [-0.15, -0.1) is 0 Å². The van der Waals surface area contributed by atoms with Gasteiger partial charge >= 0.3 is 0 Å². The Morgan fingerprint density at radius 1 is 1.69 bits per heavy atom. The molecule has 0 aliphatic carbocycles. The topological polar surface area (TPSA) is 41.5 Å². The highest BCUT2D eigenvalue weighted by Gasteiger charge is 2.27. The van der Waals surface area contributed by atoms with E-state index in [0.29, 0.717) is 6.42 Å². The van der Waals surface area contributed by atoms with Crippen LogP contribution in [0.4, 0.5) is 0 Å². The summed E-state index contributed by atoms with van der Waals surface area (Å²) >= 11 is 0. The van der Waals surface area contributed by atoms with E-state index < -0.39 is 5.60 Å². The van der Waals surface area contributed by atoms with Crippen LogP contribution in [0.2, 0.25) is 0 Å². The lowest BCUT2D eigenvalue weighted by atomic mass is 9.97. The van der Waals surface area contributed by atoms with Gasteiger partial charge in [0, 0.05) is 0 Å². The van der Waals surface area contributed by atoms with Gasteiger partial charge in [-0.3, -0.25) is 0 Å². The Bertz CT molecular complexity index is 187. The number of nitrogens with one attached hydrogen (secondary N) is 1. The predicted molar refractivity (Wildman–Crippen MR) is 52.4 cm³/mol. The van der Waals surface area contributed by atoms with Gasteiger partial charge in [0.1, 0.15) is 11.4 Å². The van der Waals surface area contributed by atoms with Crippen LogP contribution < -0.4 is 5.32 Å². The monoisotopic (exact) mass is 185 g/mol. The number of hydrogen-bond donors (Lipinski definition) is 2. The number of hydrogen-bond acceptors (Lipinski definition) is 3. The summed E-state index contributed by atoms with van der Waals surface area (Å²) in [7, 11) is 1.88. The van der Waals surface area contributed by atoms with Gasteiger partial charge in [-0.25, -0.2) is 0 Å². The zero-order valence-corrected chi connectivity index (χ0v) is 8.47. The Kier molecular flexibility index (Phi) is 3.75. The average Bonchev–Trinajstić information content (AvgIpc) is 2.16. The van der Waals surface area contributed by atoms with Gasteiger partial charge in [0.25, 0.3) is 0 Å². The zero-order valence-electron chi connectivity index (χ0n) is 8.47. The highest BCUT2D eigenvalue weighted by atomic mass is 16.5. The van der Waals surface area contributed by atoms with E-state index in [1.807, 2.05) is 20.0 Å². The molecule has 2 N–H and O–H groups in total. The minimum atomic E-state index is -0.802. The van der Waals surface area contributed by atoms with Gasteiger partial charge < -0.3 is 15.2 Å². The molecule has 0 saturated heterocycles. The number of ether oxygens (including phenoxy) is 1. The first-order valence-corrected chi connectivity index (χ1v) is 4.87. The number of allylic oxidation sites excluding steroid dienone is 1. The van der Waals surface area contributed by atoms with Gasteiger partial charge in [0.05, 0.1) is 6.61 Å². The second-order valence-corrected chi connectivity index (χ2v) is 3.69. The molecular formula is C10H19NO2. The molecule has 1 atom stereocenters. The van der Waals surface area contributed by atoms with Crippen LogP contribution >= 0.6 is 0 Å². The van der Waals surface area contributed by atoms with Crippen LogP contribution in [-0.4, -0.2) is 30.9 Å². The fourth-order valence-corrected chi connectivity index (χ4v) is 1.42. The maximum Gasteiger partial charge on any atom is 0.123 e. The van der Waals surface area contributed by atoms with Gasteiger partial charge in [-0.05, 0) is 45.9 Å². The molecule has 13 heavy (non-hydrogen) atoms. The summed E-state index contributed by atoms with van der Waals surface area (Å²) in [6.07, 6.45) is 4.77. The zero-order chi connectivity index (χ0) is 9.73. The van der Waals surface area contributed by atoms with Crippen LogP contribution in [0.1, 0.15) is 26.2 Å². The van der Waals surface area contributed by atoms with Crippen LogP contribution in [-0.2, 0) is 4.74 Å². The van der Waals surface area contributed by atoms with Crippen LogP contribution in [0.3, 0.4) is 0 Å². The van der Waals surface area contributed by atoms with E-state index in [1.54, 1.807) is 0 Å². The number of aliphatic hydroxyl groups is 1. The van der Waals surface area contributed by atoms with E-state index in [1.165, 1.54) is 0 Å². The quantitative estimate of drug-likeness (QED) is 0.687. The first-order chi connectivity index (χ1) is 6.17. The summed E-state index contributed by atoms with van der Waals surface area (Å²) < 4.78 is 5.42. The lowest BCUT2D eigenvalue weighted by Crippen LogP contribution is -2.33. The Hall–Kier alpha value is -0.540. The van der Waals surface area contributed by atoms with Crippen molar-refractivity contribution in [2.75, 3.05) is 20.2 Å². The van der Waals surface area contributed by atoms with E-state index in [-0.39, 0.29) is 0 Å². The Morgan fingerprint density at radius 3 is 3.00 bits per heavy atom.